The molecule has 1 saturated carbocycles. The summed E-state index contributed by atoms with van der Waals surface area (Å²) in [5, 5.41) is -1.73. The molecule has 0 aromatic heterocycles. The van der Waals surface area contributed by atoms with E-state index in [1.165, 1.54) is 12.2 Å². The minimum atomic E-state index is -4.61. The number of hydrogen-bond acceptors (Lipinski definition) is 6. The van der Waals surface area contributed by atoms with Crippen LogP contribution in [0.3, 0.4) is 0 Å². The first-order chi connectivity index (χ1) is 11.2. The summed E-state index contributed by atoms with van der Waals surface area (Å²) < 4.78 is 31.4. The van der Waals surface area contributed by atoms with E-state index in [9.17, 15) is 27.6 Å². The lowest BCUT2D eigenvalue weighted by Crippen LogP contribution is -2.41. The third-order valence-corrected chi connectivity index (χ3v) is 5.81. The molecule has 2 aliphatic heterocycles. The number of imide groups is 2. The number of likely N-dealkylation sites (tertiary alicyclic amines) is 1. The molecule has 3 atom stereocenters. The Morgan fingerprint density at radius 1 is 1.08 bits per heavy atom. The summed E-state index contributed by atoms with van der Waals surface area (Å²) in [6.45, 7) is 0.207. The van der Waals surface area contributed by atoms with Crippen LogP contribution in [0.2, 0.25) is 0 Å². The van der Waals surface area contributed by atoms with Gasteiger partial charge >= 0.3 is 0 Å². The van der Waals surface area contributed by atoms with Gasteiger partial charge in [0.2, 0.25) is 5.91 Å². The minimum absolute atomic E-state index is 0.0619. The van der Waals surface area contributed by atoms with Crippen molar-refractivity contribution >= 4 is 33.7 Å². The van der Waals surface area contributed by atoms with Crippen LogP contribution in [0, 0.1) is 5.92 Å². The Bertz CT molecular complexity index is 739. The molecule has 3 rings (SSSR count). The van der Waals surface area contributed by atoms with Crippen LogP contribution in [0.25, 0.3) is 0 Å². The molecule has 10 heteroatoms. The number of hydrogen-bond donors (Lipinski definition) is 1. The number of amides is 4. The lowest BCUT2D eigenvalue weighted by atomic mass is 10.1. The van der Waals surface area contributed by atoms with Gasteiger partial charge in [-0.25, -0.2) is 0 Å². The maximum absolute atomic E-state index is 12.1. The molecule has 0 spiro atoms. The SMILES string of the molecule is O=C1C=CC(=O)N1CC1CCC(N2C(=O)CC(S(=O)(=O)O)C2=O)C1. The quantitative estimate of drug-likeness (QED) is 0.510. The summed E-state index contributed by atoms with van der Waals surface area (Å²) in [6, 6.07) is -0.470. The van der Waals surface area contributed by atoms with Crippen LogP contribution in [0.5, 0.6) is 0 Å². The van der Waals surface area contributed by atoms with E-state index in [1.807, 2.05) is 0 Å². The van der Waals surface area contributed by atoms with Crippen LogP contribution in [-0.2, 0) is 29.3 Å². The van der Waals surface area contributed by atoms with E-state index >= 15 is 0 Å². The van der Waals surface area contributed by atoms with Gasteiger partial charge in [-0.3, -0.25) is 33.5 Å². The van der Waals surface area contributed by atoms with Crippen molar-refractivity contribution in [2.75, 3.05) is 6.54 Å². The molecule has 1 aliphatic carbocycles. The zero-order chi connectivity index (χ0) is 17.6. The van der Waals surface area contributed by atoms with Crippen molar-refractivity contribution < 1.29 is 32.1 Å². The van der Waals surface area contributed by atoms with Crippen molar-refractivity contribution in [3.63, 3.8) is 0 Å². The maximum atomic E-state index is 12.1. The highest BCUT2D eigenvalue weighted by Crippen LogP contribution is 2.34. The monoisotopic (exact) mass is 356 g/mol. The van der Waals surface area contributed by atoms with Gasteiger partial charge < -0.3 is 0 Å². The third-order valence-electron chi connectivity index (χ3n) is 4.72. The Labute approximate surface area is 138 Å². The van der Waals surface area contributed by atoms with Gasteiger partial charge in [0.05, 0.1) is 6.42 Å². The average molecular weight is 356 g/mol. The zero-order valence-electron chi connectivity index (χ0n) is 12.6. The predicted octanol–water partition coefficient (Wildman–Crippen LogP) is -0.905. The lowest BCUT2D eigenvalue weighted by Gasteiger charge is -2.23. The normalized spacial score (nSPS) is 31.0. The fourth-order valence-corrected chi connectivity index (χ4v) is 4.28. The van der Waals surface area contributed by atoms with Gasteiger partial charge in [-0.1, -0.05) is 0 Å². The maximum Gasteiger partial charge on any atom is 0.277 e. The van der Waals surface area contributed by atoms with E-state index in [-0.39, 0.29) is 24.3 Å². The van der Waals surface area contributed by atoms with Crippen molar-refractivity contribution in [2.45, 2.75) is 37.0 Å². The summed E-state index contributed by atoms with van der Waals surface area (Å²) in [5.74, 6) is -2.36. The molecule has 2 heterocycles. The van der Waals surface area contributed by atoms with Gasteiger partial charge in [0.1, 0.15) is 0 Å². The van der Waals surface area contributed by atoms with E-state index in [4.69, 9.17) is 4.55 Å². The fraction of sp³-hybridized carbons (Fsp3) is 0.571. The fourth-order valence-electron chi connectivity index (χ4n) is 3.56. The van der Waals surface area contributed by atoms with Gasteiger partial charge in [-0.2, -0.15) is 8.42 Å². The van der Waals surface area contributed by atoms with Crippen LogP contribution in [-0.4, -0.2) is 64.2 Å². The smallest absolute Gasteiger partial charge is 0.277 e. The number of carbonyl (C=O) groups is 4. The molecule has 24 heavy (non-hydrogen) atoms. The Hall–Kier alpha value is -2.07. The van der Waals surface area contributed by atoms with Crippen LogP contribution in [0.15, 0.2) is 12.2 Å². The van der Waals surface area contributed by atoms with E-state index < -0.39 is 39.6 Å². The molecule has 3 unspecified atom stereocenters. The minimum Gasteiger partial charge on any atom is -0.285 e. The molecule has 3 aliphatic rings. The largest absolute Gasteiger partial charge is 0.285 e. The van der Waals surface area contributed by atoms with Crippen molar-refractivity contribution in [1.82, 2.24) is 9.80 Å². The van der Waals surface area contributed by atoms with Gasteiger partial charge in [0.15, 0.2) is 5.25 Å². The molecule has 0 bridgehead atoms. The molecule has 1 N–H and O–H groups in total. The van der Waals surface area contributed by atoms with Gasteiger partial charge in [-0.05, 0) is 25.2 Å². The summed E-state index contributed by atoms with van der Waals surface area (Å²) in [7, 11) is -4.61. The van der Waals surface area contributed by atoms with Crippen molar-refractivity contribution in [3.05, 3.63) is 12.2 Å². The Morgan fingerprint density at radius 3 is 2.25 bits per heavy atom. The predicted molar refractivity (Wildman–Crippen MR) is 78.8 cm³/mol. The molecule has 4 amide bonds. The van der Waals surface area contributed by atoms with Crippen molar-refractivity contribution in [2.24, 2.45) is 5.92 Å². The van der Waals surface area contributed by atoms with Gasteiger partial charge in [-0.15, -0.1) is 0 Å². The summed E-state index contributed by atoms with van der Waals surface area (Å²) in [6.07, 6.45) is 3.32. The van der Waals surface area contributed by atoms with Crippen LogP contribution in [0.4, 0.5) is 0 Å². The zero-order valence-corrected chi connectivity index (χ0v) is 13.4. The van der Waals surface area contributed by atoms with E-state index in [2.05, 4.69) is 0 Å². The van der Waals surface area contributed by atoms with Crippen LogP contribution >= 0.6 is 0 Å². The summed E-state index contributed by atoms with van der Waals surface area (Å²) in [5.41, 5.74) is 0. The molecule has 0 aromatic rings. The van der Waals surface area contributed by atoms with E-state index in [0.29, 0.717) is 19.3 Å². The third kappa shape index (κ3) is 2.86. The molecule has 0 aromatic carbocycles. The average Bonchev–Trinajstić information content (AvgIpc) is 3.13. The first-order valence-electron chi connectivity index (χ1n) is 7.54. The van der Waals surface area contributed by atoms with Crippen molar-refractivity contribution in [1.29, 1.82) is 0 Å². The molecule has 2 fully saturated rings. The first-order valence-corrected chi connectivity index (χ1v) is 9.04. The lowest BCUT2D eigenvalue weighted by molar-refractivity contribution is -0.142. The second kappa shape index (κ2) is 5.78. The van der Waals surface area contributed by atoms with E-state index in [1.54, 1.807) is 0 Å². The highest BCUT2D eigenvalue weighted by Gasteiger charge is 2.49. The van der Waals surface area contributed by atoms with E-state index in [0.717, 1.165) is 9.80 Å². The topological polar surface area (TPSA) is 129 Å². The molecule has 9 nitrogen and oxygen atoms in total. The molecular weight excluding hydrogens is 340 g/mol. The Balaban J connectivity index is 1.66. The molecule has 130 valence electrons. The van der Waals surface area contributed by atoms with Crippen molar-refractivity contribution in [3.8, 4) is 0 Å². The van der Waals surface area contributed by atoms with Crippen LogP contribution in [0.1, 0.15) is 25.7 Å². The second-order valence-corrected chi connectivity index (χ2v) is 7.86. The number of carbonyl (C=O) groups excluding carboxylic acids is 4. The Morgan fingerprint density at radius 2 is 1.71 bits per heavy atom. The molecule has 1 saturated heterocycles. The number of nitrogens with zero attached hydrogens (tertiary/aromatic N) is 2. The highest BCUT2D eigenvalue weighted by molar-refractivity contribution is 7.87. The Kier molecular flexibility index (Phi) is 4.04. The summed E-state index contributed by atoms with van der Waals surface area (Å²) in [4.78, 5) is 49.3. The standard InChI is InChI=1S/C14H16N2O7S/c17-11-3-4-12(18)15(11)7-8-1-2-9(5-8)16-13(19)6-10(14(16)20)24(21,22)23/h3-4,8-10H,1-2,5-7H2,(H,21,22,23). The second-order valence-electron chi connectivity index (χ2n) is 6.26. The molecule has 0 radical (unpaired) electrons. The molecular formula is C14H16N2O7S. The van der Waals surface area contributed by atoms with Gasteiger partial charge in [0, 0.05) is 24.7 Å². The van der Waals surface area contributed by atoms with Gasteiger partial charge in [0.25, 0.3) is 27.8 Å². The highest BCUT2D eigenvalue weighted by atomic mass is 32.2. The van der Waals surface area contributed by atoms with Crippen LogP contribution < -0.4 is 0 Å². The number of rotatable bonds is 4. The first kappa shape index (κ1) is 16.8. The summed E-state index contributed by atoms with van der Waals surface area (Å²) >= 11 is 0.